The van der Waals surface area contributed by atoms with Gasteiger partial charge in [0.05, 0.1) is 0 Å². The number of imidazole rings is 1. The number of nitrogen functional groups attached to an aromatic ring is 1. The van der Waals surface area contributed by atoms with Gasteiger partial charge in [0.15, 0.2) is 11.5 Å². The highest BCUT2D eigenvalue weighted by molar-refractivity contribution is 5.95. The lowest BCUT2D eigenvalue weighted by molar-refractivity contribution is 0.0462. The number of aromatic amines is 2. The lowest BCUT2D eigenvalue weighted by atomic mass is 10.4. The van der Waals surface area contributed by atoms with Crippen LogP contribution in [0.25, 0.3) is 0 Å². The van der Waals surface area contributed by atoms with Gasteiger partial charge in [-0.3, -0.25) is 14.6 Å². The average Bonchev–Trinajstić information content (AvgIpc) is 2.70. The molecule has 2 aromatic rings. The number of anilines is 1. The van der Waals surface area contributed by atoms with E-state index in [1.165, 1.54) is 0 Å². The topological polar surface area (TPSA) is 179 Å². The van der Waals surface area contributed by atoms with Crippen molar-refractivity contribution in [1.82, 2.24) is 19.7 Å². The second-order valence-corrected chi connectivity index (χ2v) is 3.55. The summed E-state index contributed by atoms with van der Waals surface area (Å²) in [6.45, 7) is 0. The first-order valence-corrected chi connectivity index (χ1v) is 5.07. The van der Waals surface area contributed by atoms with Crippen LogP contribution in [0.15, 0.2) is 22.0 Å². The predicted octanol–water partition coefficient (Wildman–Crippen LogP) is -2.79. The largest absolute Gasteiger partial charge is 0.381 e. The number of nitrogens with one attached hydrogen (secondary N) is 2. The lowest BCUT2D eigenvalue weighted by Crippen LogP contribution is -2.29. The molecule has 0 aromatic carbocycles. The molecule has 0 radical (unpaired) electrons. The summed E-state index contributed by atoms with van der Waals surface area (Å²) in [7, 11) is 0. The molecule has 2 heterocycles. The van der Waals surface area contributed by atoms with Gasteiger partial charge in [0, 0.05) is 6.07 Å². The number of hydrogen-bond acceptors (Lipinski definition) is 7. The minimum absolute atomic E-state index is 0.280. The van der Waals surface area contributed by atoms with Gasteiger partial charge in [-0.1, -0.05) is 0 Å². The third kappa shape index (κ3) is 2.40. The summed E-state index contributed by atoms with van der Waals surface area (Å²) in [6, 6.07) is 0.825. The molecule has 104 valence electrons. The highest BCUT2D eigenvalue weighted by Gasteiger charge is 2.17. The molecular weight excluding hydrogens is 272 g/mol. The molecule has 20 heavy (non-hydrogen) atoms. The number of nitrogens with two attached hydrogens (primary N) is 2. The van der Waals surface area contributed by atoms with Crippen molar-refractivity contribution in [3.63, 3.8) is 0 Å². The van der Waals surface area contributed by atoms with Crippen LogP contribution in [0.3, 0.4) is 0 Å². The van der Waals surface area contributed by atoms with Crippen molar-refractivity contribution in [3.8, 4) is 0 Å². The predicted molar refractivity (Wildman–Crippen MR) is 63.8 cm³/mol. The minimum atomic E-state index is -1.08. The Morgan fingerprint density at radius 3 is 2.55 bits per heavy atom. The Kier molecular flexibility index (Phi) is 3.08. The number of aromatic nitrogens is 4. The van der Waals surface area contributed by atoms with Crippen LogP contribution in [0.5, 0.6) is 0 Å². The fraction of sp³-hybridized carbons (Fsp3) is 0. The van der Waals surface area contributed by atoms with Gasteiger partial charge in [-0.05, 0) is 0 Å². The highest BCUT2D eigenvalue weighted by atomic mass is 16.7. The van der Waals surface area contributed by atoms with Crippen molar-refractivity contribution in [3.05, 3.63) is 44.6 Å². The number of rotatable bonds is 3. The van der Waals surface area contributed by atoms with E-state index < -0.39 is 28.8 Å². The van der Waals surface area contributed by atoms with Crippen molar-refractivity contribution in [2.24, 2.45) is 5.73 Å². The fourth-order valence-corrected chi connectivity index (χ4v) is 1.32. The molecule has 11 heteroatoms. The molecule has 0 fully saturated rings. The van der Waals surface area contributed by atoms with Gasteiger partial charge in [0.2, 0.25) is 0 Å². The summed E-state index contributed by atoms with van der Waals surface area (Å²) >= 11 is 0. The van der Waals surface area contributed by atoms with Crippen LogP contribution in [0, 0.1) is 0 Å². The maximum Gasteiger partial charge on any atom is 0.380 e. The van der Waals surface area contributed by atoms with E-state index in [4.69, 9.17) is 16.3 Å². The number of carbonyl (C=O) groups is 2. The highest BCUT2D eigenvalue weighted by Crippen LogP contribution is 2.07. The van der Waals surface area contributed by atoms with Gasteiger partial charge in [0.1, 0.15) is 12.0 Å². The summed E-state index contributed by atoms with van der Waals surface area (Å²) < 4.78 is 0.682. The van der Waals surface area contributed by atoms with Crippen molar-refractivity contribution in [1.29, 1.82) is 0 Å². The Morgan fingerprint density at radius 2 is 2.00 bits per heavy atom. The number of H-pyrrole nitrogens is 2. The summed E-state index contributed by atoms with van der Waals surface area (Å²) in [5.41, 5.74) is 8.12. The standard InChI is InChI=1S/C9H8N6O5/c10-6-5(7(11)17)12-2-15(6)20-8(18)3-1-4(16)14-9(19)13-3/h1-2H,10H2,(H2,11,17)(H2,13,14,16,19). The third-order valence-electron chi connectivity index (χ3n) is 2.17. The van der Waals surface area contributed by atoms with Crippen LogP contribution in [0.2, 0.25) is 0 Å². The second kappa shape index (κ2) is 4.72. The van der Waals surface area contributed by atoms with Gasteiger partial charge < -0.3 is 21.3 Å². The molecule has 1 amide bonds. The fourth-order valence-electron chi connectivity index (χ4n) is 1.32. The van der Waals surface area contributed by atoms with Crippen LogP contribution in [-0.4, -0.2) is 31.6 Å². The molecule has 0 aliphatic carbocycles. The maximum absolute atomic E-state index is 11.7. The lowest BCUT2D eigenvalue weighted by Gasteiger charge is -2.05. The van der Waals surface area contributed by atoms with E-state index in [9.17, 15) is 19.2 Å². The zero-order valence-electron chi connectivity index (χ0n) is 9.75. The average molecular weight is 280 g/mol. The van der Waals surface area contributed by atoms with E-state index in [0.717, 1.165) is 12.4 Å². The molecule has 0 atom stereocenters. The first-order valence-electron chi connectivity index (χ1n) is 5.07. The van der Waals surface area contributed by atoms with Crippen LogP contribution in [0.1, 0.15) is 21.0 Å². The Morgan fingerprint density at radius 1 is 1.30 bits per heavy atom. The molecule has 11 nitrogen and oxygen atoms in total. The number of carbonyl (C=O) groups excluding carboxylic acids is 2. The molecule has 2 aromatic heterocycles. The number of nitrogens with zero attached hydrogens (tertiary/aromatic N) is 2. The first kappa shape index (κ1) is 13.1. The van der Waals surface area contributed by atoms with Gasteiger partial charge in [0.25, 0.3) is 11.5 Å². The van der Waals surface area contributed by atoms with Crippen LogP contribution in [0.4, 0.5) is 5.82 Å². The second-order valence-electron chi connectivity index (χ2n) is 3.55. The first-order chi connectivity index (χ1) is 9.38. The summed E-state index contributed by atoms with van der Waals surface area (Å²) in [5.74, 6) is -2.27. The normalized spacial score (nSPS) is 10.2. The van der Waals surface area contributed by atoms with Gasteiger partial charge >= 0.3 is 11.7 Å². The molecule has 2 rings (SSSR count). The SMILES string of the molecule is NC(=O)c1ncn(OC(=O)c2cc(=O)[nH]c(=O)[nH]2)c1N. The Hall–Kier alpha value is -3.37. The smallest absolute Gasteiger partial charge is 0.380 e. The maximum atomic E-state index is 11.7. The van der Waals surface area contributed by atoms with E-state index in [2.05, 4.69) is 9.97 Å². The summed E-state index contributed by atoms with van der Waals surface area (Å²) in [6.07, 6.45) is 0.943. The molecule has 0 saturated carbocycles. The quantitative estimate of drug-likeness (QED) is 0.468. The van der Waals surface area contributed by atoms with Crippen molar-refractivity contribution < 1.29 is 14.4 Å². The van der Waals surface area contributed by atoms with E-state index in [-0.39, 0.29) is 11.5 Å². The zero-order chi connectivity index (χ0) is 14.9. The molecule has 0 saturated heterocycles. The summed E-state index contributed by atoms with van der Waals surface area (Å²) in [5, 5.41) is 0. The molecule has 0 aliphatic heterocycles. The third-order valence-corrected chi connectivity index (χ3v) is 2.17. The molecule has 0 aliphatic rings. The van der Waals surface area contributed by atoms with Crippen LogP contribution in [-0.2, 0) is 0 Å². The number of primary amides is 1. The van der Waals surface area contributed by atoms with Crippen molar-refractivity contribution in [2.45, 2.75) is 0 Å². The van der Waals surface area contributed by atoms with Crippen LogP contribution < -0.4 is 27.6 Å². The molecule has 0 unspecified atom stereocenters. The Bertz CT molecular complexity index is 771. The van der Waals surface area contributed by atoms with Gasteiger partial charge in [-0.25, -0.2) is 14.6 Å². The van der Waals surface area contributed by atoms with Crippen molar-refractivity contribution >= 4 is 17.7 Å². The molecular formula is C9H8N6O5. The number of hydrogen-bond donors (Lipinski definition) is 4. The van der Waals surface area contributed by atoms with E-state index in [1.807, 2.05) is 4.98 Å². The monoisotopic (exact) mass is 280 g/mol. The Labute approximate surface area is 109 Å². The Balaban J connectivity index is 2.30. The summed E-state index contributed by atoms with van der Waals surface area (Å²) in [4.78, 5) is 56.9. The van der Waals surface area contributed by atoms with E-state index in [1.54, 1.807) is 0 Å². The zero-order valence-corrected chi connectivity index (χ0v) is 9.75. The van der Waals surface area contributed by atoms with E-state index in [0.29, 0.717) is 4.73 Å². The molecule has 6 N–H and O–H groups in total. The minimum Gasteiger partial charge on any atom is -0.381 e. The van der Waals surface area contributed by atoms with Crippen LogP contribution >= 0.6 is 0 Å². The van der Waals surface area contributed by atoms with Gasteiger partial charge in [-0.15, -0.1) is 4.73 Å². The van der Waals surface area contributed by atoms with Crippen molar-refractivity contribution in [2.75, 3.05) is 5.73 Å². The molecule has 0 spiro atoms. The molecule has 0 bridgehead atoms. The van der Waals surface area contributed by atoms with Gasteiger partial charge in [-0.2, -0.15) is 0 Å². The number of amides is 1. The van der Waals surface area contributed by atoms with E-state index >= 15 is 0 Å².